The number of carbonyl (C=O) groups is 2. The molecule has 1 heterocycles. The zero-order valence-corrected chi connectivity index (χ0v) is 11.2. The average Bonchev–Trinajstić information content (AvgIpc) is 2.68. The maximum atomic E-state index is 12.2. The van der Waals surface area contributed by atoms with Gasteiger partial charge < -0.3 is 14.8 Å². The summed E-state index contributed by atoms with van der Waals surface area (Å²) in [5.41, 5.74) is -0.903. The van der Waals surface area contributed by atoms with Gasteiger partial charge in [-0.15, -0.1) is 0 Å². The van der Waals surface area contributed by atoms with Gasteiger partial charge in [-0.1, -0.05) is 23.7 Å². The number of rotatable bonds is 4. The summed E-state index contributed by atoms with van der Waals surface area (Å²) in [6.45, 7) is 0. The summed E-state index contributed by atoms with van der Waals surface area (Å²) < 4.78 is 10.3. The molecule has 1 atom stereocenters. The maximum Gasteiger partial charge on any atom is 0.322 e. The normalized spacial score (nSPS) is 22.5. The average molecular weight is 285 g/mol. The lowest BCUT2D eigenvalue weighted by Crippen LogP contribution is -2.54. The summed E-state index contributed by atoms with van der Waals surface area (Å²) in [7, 11) is 2.78. The summed E-state index contributed by atoms with van der Waals surface area (Å²) in [5.74, 6) is -0.534. The molecule has 19 heavy (non-hydrogen) atoms. The first-order valence-corrected chi connectivity index (χ1v) is 5.87. The van der Waals surface area contributed by atoms with Gasteiger partial charge in [-0.2, -0.15) is 0 Å². The summed E-state index contributed by atoms with van der Waals surface area (Å²) in [5, 5.41) is 5.27. The molecule has 102 valence electrons. The van der Waals surface area contributed by atoms with E-state index in [4.69, 9.17) is 21.1 Å². The fourth-order valence-corrected chi connectivity index (χ4v) is 2.26. The number of imide groups is 1. The van der Waals surface area contributed by atoms with Gasteiger partial charge in [0, 0.05) is 19.2 Å². The van der Waals surface area contributed by atoms with Gasteiger partial charge in [-0.05, 0) is 17.7 Å². The highest BCUT2D eigenvalue weighted by Crippen LogP contribution is 2.31. The highest BCUT2D eigenvalue weighted by Gasteiger charge is 2.54. The van der Waals surface area contributed by atoms with Gasteiger partial charge in [0.25, 0.3) is 5.91 Å². The van der Waals surface area contributed by atoms with Gasteiger partial charge in [-0.25, -0.2) is 4.79 Å². The van der Waals surface area contributed by atoms with Crippen LogP contribution in [0.3, 0.4) is 0 Å². The van der Waals surface area contributed by atoms with E-state index in [2.05, 4.69) is 10.6 Å². The van der Waals surface area contributed by atoms with Gasteiger partial charge >= 0.3 is 6.03 Å². The van der Waals surface area contributed by atoms with Crippen LogP contribution in [-0.2, 0) is 19.8 Å². The molecule has 2 rings (SSSR count). The largest absolute Gasteiger partial charge is 0.353 e. The van der Waals surface area contributed by atoms with E-state index < -0.39 is 23.8 Å². The van der Waals surface area contributed by atoms with E-state index in [1.54, 1.807) is 24.3 Å². The lowest BCUT2D eigenvalue weighted by molar-refractivity contribution is -0.166. The summed E-state index contributed by atoms with van der Waals surface area (Å²) in [6.07, 6.45) is -0.958. The van der Waals surface area contributed by atoms with Crippen LogP contribution in [0, 0.1) is 0 Å². The third kappa shape index (κ3) is 2.18. The molecule has 1 aliphatic rings. The van der Waals surface area contributed by atoms with Gasteiger partial charge in [0.15, 0.2) is 11.8 Å². The Balaban J connectivity index is 2.54. The number of hydrogen-bond acceptors (Lipinski definition) is 4. The number of ether oxygens (including phenoxy) is 2. The van der Waals surface area contributed by atoms with Gasteiger partial charge in [-0.3, -0.25) is 10.1 Å². The van der Waals surface area contributed by atoms with Crippen LogP contribution in [0.4, 0.5) is 4.79 Å². The number of halogens is 1. The molecule has 3 amide bonds. The Morgan fingerprint density at radius 1 is 1.16 bits per heavy atom. The first-order chi connectivity index (χ1) is 9.04. The third-order valence-corrected chi connectivity index (χ3v) is 3.23. The Hall–Kier alpha value is -1.63. The van der Waals surface area contributed by atoms with Crippen LogP contribution in [0.15, 0.2) is 24.3 Å². The molecule has 0 saturated carbocycles. The highest BCUT2D eigenvalue weighted by molar-refractivity contribution is 6.30. The van der Waals surface area contributed by atoms with Crippen molar-refractivity contribution < 1.29 is 19.1 Å². The topological polar surface area (TPSA) is 76.7 Å². The van der Waals surface area contributed by atoms with E-state index in [-0.39, 0.29) is 0 Å². The molecule has 0 unspecified atom stereocenters. The molecule has 0 radical (unpaired) electrons. The fourth-order valence-electron chi connectivity index (χ4n) is 2.14. The molecule has 0 aromatic heterocycles. The molecular weight excluding hydrogens is 272 g/mol. The van der Waals surface area contributed by atoms with Crippen molar-refractivity contribution in [2.45, 2.75) is 11.8 Å². The number of amides is 3. The quantitative estimate of drug-likeness (QED) is 0.639. The molecule has 1 fully saturated rings. The van der Waals surface area contributed by atoms with Crippen LogP contribution in [0.1, 0.15) is 5.56 Å². The van der Waals surface area contributed by atoms with Gasteiger partial charge in [0.2, 0.25) is 0 Å². The fraction of sp³-hybridized carbons (Fsp3) is 0.333. The molecule has 1 aliphatic heterocycles. The van der Waals surface area contributed by atoms with Crippen molar-refractivity contribution in [2.24, 2.45) is 0 Å². The molecule has 1 aromatic rings. The number of hydrogen-bond donors (Lipinski definition) is 2. The van der Waals surface area contributed by atoms with Crippen LogP contribution >= 0.6 is 11.6 Å². The van der Waals surface area contributed by atoms with E-state index in [0.717, 1.165) is 0 Å². The van der Waals surface area contributed by atoms with Crippen molar-refractivity contribution >= 4 is 23.5 Å². The highest BCUT2D eigenvalue weighted by atomic mass is 35.5. The van der Waals surface area contributed by atoms with Gasteiger partial charge in [0.05, 0.1) is 0 Å². The second-order valence-corrected chi connectivity index (χ2v) is 4.46. The van der Waals surface area contributed by atoms with Crippen LogP contribution in [0.25, 0.3) is 0 Å². The second-order valence-electron chi connectivity index (χ2n) is 4.03. The minimum atomic E-state index is -1.43. The van der Waals surface area contributed by atoms with Crippen molar-refractivity contribution in [1.82, 2.24) is 10.6 Å². The minimum absolute atomic E-state index is 0.522. The van der Waals surface area contributed by atoms with Crippen LogP contribution in [-0.4, -0.2) is 32.4 Å². The van der Waals surface area contributed by atoms with Crippen molar-refractivity contribution in [3.05, 3.63) is 34.9 Å². The lowest BCUT2D eigenvalue weighted by atomic mass is 9.89. The van der Waals surface area contributed by atoms with Crippen molar-refractivity contribution in [3.8, 4) is 0 Å². The molecule has 7 heteroatoms. The molecule has 2 N–H and O–H groups in total. The smallest absolute Gasteiger partial charge is 0.322 e. The number of urea groups is 1. The first-order valence-electron chi connectivity index (χ1n) is 5.50. The summed E-state index contributed by atoms with van der Waals surface area (Å²) >= 11 is 5.83. The predicted octanol–water partition coefficient (Wildman–Crippen LogP) is 0.994. The summed E-state index contributed by atoms with van der Waals surface area (Å²) in [6, 6.07) is 5.92. The Morgan fingerprint density at radius 2 is 1.74 bits per heavy atom. The summed E-state index contributed by atoms with van der Waals surface area (Å²) in [4.78, 5) is 23.6. The number of methoxy groups -OCH3 is 2. The van der Waals surface area contributed by atoms with E-state index in [9.17, 15) is 9.59 Å². The van der Waals surface area contributed by atoms with Crippen molar-refractivity contribution in [1.29, 1.82) is 0 Å². The number of nitrogens with one attached hydrogen (secondary N) is 2. The molecule has 0 aliphatic carbocycles. The second kappa shape index (κ2) is 5.16. The SMILES string of the molecule is COC(OC)[C@]1(c2ccc(Cl)cc2)NC(=O)NC1=O. The Kier molecular flexibility index (Phi) is 3.75. The van der Waals surface area contributed by atoms with Crippen molar-refractivity contribution in [2.75, 3.05) is 14.2 Å². The number of benzene rings is 1. The maximum absolute atomic E-state index is 12.2. The molecular formula is C12H13ClN2O4. The predicted molar refractivity (Wildman–Crippen MR) is 67.6 cm³/mol. The zero-order chi connectivity index (χ0) is 14.0. The number of carbonyl (C=O) groups excluding carboxylic acids is 2. The van der Waals surface area contributed by atoms with Crippen LogP contribution in [0.2, 0.25) is 5.02 Å². The van der Waals surface area contributed by atoms with Gasteiger partial charge in [0.1, 0.15) is 0 Å². The molecule has 6 nitrogen and oxygen atoms in total. The van der Waals surface area contributed by atoms with Crippen LogP contribution in [0.5, 0.6) is 0 Å². The van der Waals surface area contributed by atoms with E-state index in [1.165, 1.54) is 14.2 Å². The molecule has 0 spiro atoms. The molecule has 1 saturated heterocycles. The first kappa shape index (κ1) is 13.8. The standard InChI is InChI=1S/C12H13ClN2O4/c1-18-10(19-2)12(9(16)14-11(17)15-12)7-3-5-8(13)6-4-7/h3-6,10H,1-2H3,(H2,14,15,16,17)/t12-/m1/s1. The van der Waals surface area contributed by atoms with Crippen molar-refractivity contribution in [3.63, 3.8) is 0 Å². The van der Waals surface area contributed by atoms with Crippen LogP contribution < -0.4 is 10.6 Å². The minimum Gasteiger partial charge on any atom is -0.353 e. The third-order valence-electron chi connectivity index (χ3n) is 2.98. The zero-order valence-electron chi connectivity index (χ0n) is 10.4. The molecule has 1 aromatic carbocycles. The van der Waals surface area contributed by atoms with E-state index >= 15 is 0 Å². The Labute approximate surface area is 115 Å². The lowest BCUT2D eigenvalue weighted by Gasteiger charge is -2.32. The molecule has 0 bridgehead atoms. The van der Waals surface area contributed by atoms with E-state index in [0.29, 0.717) is 10.6 Å². The Bertz CT molecular complexity index is 501. The monoisotopic (exact) mass is 284 g/mol. The van der Waals surface area contributed by atoms with E-state index in [1.807, 2.05) is 0 Å². The Morgan fingerprint density at radius 3 is 2.16 bits per heavy atom.